The average Bonchev–Trinajstić information content (AvgIpc) is 2.99. The van der Waals surface area contributed by atoms with Crippen LogP contribution < -0.4 is 16.0 Å². The quantitative estimate of drug-likeness (QED) is 0.584. The van der Waals surface area contributed by atoms with Crippen LogP contribution in [0.1, 0.15) is 17.0 Å². The monoisotopic (exact) mass is 365 g/mol. The van der Waals surface area contributed by atoms with Gasteiger partial charge in [0.2, 0.25) is 0 Å². The number of urea groups is 1. The van der Waals surface area contributed by atoms with E-state index in [1.54, 1.807) is 4.68 Å². The second kappa shape index (κ2) is 8.31. The fourth-order valence-electron chi connectivity index (χ4n) is 2.67. The molecule has 0 bridgehead atoms. The van der Waals surface area contributed by atoms with Crippen LogP contribution in [0.25, 0.3) is 5.82 Å². The van der Waals surface area contributed by atoms with Gasteiger partial charge in [0.05, 0.1) is 5.69 Å². The van der Waals surface area contributed by atoms with Crippen molar-refractivity contribution in [2.75, 3.05) is 23.7 Å². The molecule has 0 saturated carbocycles. The Hall–Kier alpha value is -3.42. The van der Waals surface area contributed by atoms with Gasteiger partial charge in [-0.25, -0.2) is 19.4 Å². The third kappa shape index (κ3) is 4.81. The molecule has 2 heterocycles. The van der Waals surface area contributed by atoms with Gasteiger partial charge in [-0.05, 0) is 38.5 Å². The molecule has 140 valence electrons. The topological polar surface area (TPSA) is 96.8 Å². The molecule has 1 aromatic carbocycles. The van der Waals surface area contributed by atoms with Crippen LogP contribution in [0.4, 0.5) is 16.3 Å². The Labute approximate surface area is 158 Å². The van der Waals surface area contributed by atoms with Gasteiger partial charge in [0.15, 0.2) is 5.82 Å². The summed E-state index contributed by atoms with van der Waals surface area (Å²) >= 11 is 0. The molecule has 0 unspecified atom stereocenters. The highest BCUT2D eigenvalue weighted by Gasteiger charge is 2.07. The minimum absolute atomic E-state index is 0.239. The molecule has 8 nitrogen and oxygen atoms in total. The number of amides is 2. The summed E-state index contributed by atoms with van der Waals surface area (Å²) in [6.07, 6.45) is 1.49. The maximum Gasteiger partial charge on any atom is 0.319 e. The van der Waals surface area contributed by atoms with E-state index in [-0.39, 0.29) is 6.03 Å². The lowest BCUT2D eigenvalue weighted by atomic mass is 10.2. The molecule has 27 heavy (non-hydrogen) atoms. The van der Waals surface area contributed by atoms with E-state index in [1.807, 2.05) is 57.2 Å². The van der Waals surface area contributed by atoms with Crippen LogP contribution in [-0.4, -0.2) is 38.9 Å². The van der Waals surface area contributed by atoms with E-state index in [1.165, 1.54) is 6.33 Å². The van der Waals surface area contributed by atoms with Crippen molar-refractivity contribution in [3.05, 3.63) is 59.7 Å². The fourth-order valence-corrected chi connectivity index (χ4v) is 2.67. The van der Waals surface area contributed by atoms with Gasteiger partial charge in [-0.1, -0.05) is 18.2 Å². The number of anilines is 2. The van der Waals surface area contributed by atoms with Gasteiger partial charge in [-0.3, -0.25) is 0 Å². The van der Waals surface area contributed by atoms with Crippen molar-refractivity contribution in [1.82, 2.24) is 25.1 Å². The number of nitrogens with one attached hydrogen (secondary N) is 3. The van der Waals surface area contributed by atoms with Crippen LogP contribution >= 0.6 is 0 Å². The normalized spacial score (nSPS) is 10.5. The zero-order valence-electron chi connectivity index (χ0n) is 15.7. The van der Waals surface area contributed by atoms with Crippen molar-refractivity contribution in [3.63, 3.8) is 0 Å². The van der Waals surface area contributed by atoms with Gasteiger partial charge >= 0.3 is 6.03 Å². The van der Waals surface area contributed by atoms with Crippen molar-refractivity contribution < 1.29 is 4.79 Å². The zero-order chi connectivity index (χ0) is 19.2. The van der Waals surface area contributed by atoms with E-state index in [0.29, 0.717) is 24.7 Å². The molecular weight excluding hydrogens is 342 g/mol. The third-order valence-electron chi connectivity index (χ3n) is 3.99. The third-order valence-corrected chi connectivity index (χ3v) is 3.99. The standard InChI is InChI=1S/C19H23N7O/c1-13-6-4-5-7-16(13)24-19(27)21-9-8-20-17-11-18(23-12-22-17)26-15(3)10-14(2)25-26/h4-7,10-12H,8-9H2,1-3H3,(H,20,22,23)(H2,21,24,27). The highest BCUT2D eigenvalue weighted by molar-refractivity contribution is 5.90. The molecule has 0 fully saturated rings. The van der Waals surface area contributed by atoms with Gasteiger partial charge in [-0.2, -0.15) is 5.10 Å². The van der Waals surface area contributed by atoms with E-state index >= 15 is 0 Å². The molecule has 3 aromatic rings. The second-order valence-electron chi connectivity index (χ2n) is 6.22. The summed E-state index contributed by atoms with van der Waals surface area (Å²) in [6.45, 7) is 6.86. The minimum Gasteiger partial charge on any atom is -0.368 e. The second-order valence-corrected chi connectivity index (χ2v) is 6.22. The number of carbonyl (C=O) groups is 1. The summed E-state index contributed by atoms with van der Waals surface area (Å²) in [7, 11) is 0. The molecule has 0 aliphatic heterocycles. The number of aryl methyl sites for hydroxylation is 3. The Kier molecular flexibility index (Phi) is 5.65. The lowest BCUT2D eigenvalue weighted by Gasteiger charge is -2.11. The molecule has 0 aliphatic rings. The maximum absolute atomic E-state index is 12.0. The molecule has 8 heteroatoms. The van der Waals surface area contributed by atoms with Crippen LogP contribution in [0.3, 0.4) is 0 Å². The van der Waals surface area contributed by atoms with Crippen LogP contribution in [-0.2, 0) is 0 Å². The number of para-hydroxylation sites is 1. The molecule has 0 spiro atoms. The number of rotatable bonds is 6. The van der Waals surface area contributed by atoms with E-state index < -0.39 is 0 Å². The Balaban J connectivity index is 1.49. The lowest BCUT2D eigenvalue weighted by Crippen LogP contribution is -2.32. The van der Waals surface area contributed by atoms with Crippen molar-refractivity contribution >= 4 is 17.5 Å². The van der Waals surface area contributed by atoms with E-state index in [4.69, 9.17) is 0 Å². The summed E-state index contributed by atoms with van der Waals surface area (Å²) in [5.74, 6) is 1.37. The number of hydrogen-bond donors (Lipinski definition) is 3. The summed E-state index contributed by atoms with van der Waals surface area (Å²) < 4.78 is 1.77. The SMILES string of the molecule is Cc1cc(C)n(-c2cc(NCCNC(=O)Nc3ccccc3C)ncn2)n1. The van der Waals surface area contributed by atoms with Gasteiger partial charge < -0.3 is 16.0 Å². The van der Waals surface area contributed by atoms with Gasteiger partial charge in [0.25, 0.3) is 0 Å². The van der Waals surface area contributed by atoms with Crippen molar-refractivity contribution in [3.8, 4) is 5.82 Å². The number of hydrogen-bond acceptors (Lipinski definition) is 5. The maximum atomic E-state index is 12.0. The first-order valence-corrected chi connectivity index (χ1v) is 8.73. The first kappa shape index (κ1) is 18.4. The van der Waals surface area contributed by atoms with Crippen molar-refractivity contribution in [1.29, 1.82) is 0 Å². The summed E-state index contributed by atoms with van der Waals surface area (Å²) in [5.41, 5.74) is 3.76. The first-order chi connectivity index (χ1) is 13.0. The zero-order valence-corrected chi connectivity index (χ0v) is 15.7. The molecule has 2 amide bonds. The highest BCUT2D eigenvalue weighted by atomic mass is 16.2. The smallest absolute Gasteiger partial charge is 0.319 e. The Morgan fingerprint density at radius 1 is 1.07 bits per heavy atom. The van der Waals surface area contributed by atoms with Crippen LogP contribution in [0.15, 0.2) is 42.7 Å². The minimum atomic E-state index is -0.239. The molecule has 3 N–H and O–H groups in total. The lowest BCUT2D eigenvalue weighted by molar-refractivity contribution is 0.252. The molecule has 0 radical (unpaired) electrons. The van der Waals surface area contributed by atoms with Crippen LogP contribution in [0.2, 0.25) is 0 Å². The number of benzene rings is 1. The summed E-state index contributed by atoms with van der Waals surface area (Å²) in [6, 6.07) is 11.2. The number of carbonyl (C=O) groups excluding carboxylic acids is 1. The van der Waals surface area contributed by atoms with Crippen molar-refractivity contribution in [2.24, 2.45) is 0 Å². The average molecular weight is 365 g/mol. The van der Waals surface area contributed by atoms with Crippen molar-refractivity contribution in [2.45, 2.75) is 20.8 Å². The Bertz CT molecular complexity index is 935. The molecule has 0 atom stereocenters. The largest absolute Gasteiger partial charge is 0.368 e. The van der Waals surface area contributed by atoms with E-state index in [9.17, 15) is 4.79 Å². The number of aromatic nitrogens is 4. The molecule has 3 rings (SSSR count). The van der Waals surface area contributed by atoms with E-state index in [2.05, 4.69) is 31.0 Å². The predicted octanol–water partition coefficient (Wildman–Crippen LogP) is 2.82. The van der Waals surface area contributed by atoms with Gasteiger partial charge in [0, 0.05) is 30.5 Å². The Morgan fingerprint density at radius 2 is 1.89 bits per heavy atom. The predicted molar refractivity (Wildman–Crippen MR) is 105 cm³/mol. The van der Waals surface area contributed by atoms with E-state index in [0.717, 1.165) is 22.6 Å². The Morgan fingerprint density at radius 3 is 2.63 bits per heavy atom. The van der Waals surface area contributed by atoms with Crippen LogP contribution in [0, 0.1) is 20.8 Å². The molecule has 0 aliphatic carbocycles. The number of nitrogens with zero attached hydrogens (tertiary/aromatic N) is 4. The van der Waals surface area contributed by atoms with Gasteiger partial charge in [-0.15, -0.1) is 0 Å². The summed E-state index contributed by atoms with van der Waals surface area (Å²) in [5, 5.41) is 13.2. The first-order valence-electron chi connectivity index (χ1n) is 8.73. The molecule has 0 saturated heterocycles. The summed E-state index contributed by atoms with van der Waals surface area (Å²) in [4.78, 5) is 20.4. The van der Waals surface area contributed by atoms with Crippen LogP contribution in [0.5, 0.6) is 0 Å². The fraction of sp³-hybridized carbons (Fsp3) is 0.263. The van der Waals surface area contributed by atoms with Gasteiger partial charge in [0.1, 0.15) is 12.1 Å². The molecular formula is C19H23N7O. The molecule has 2 aromatic heterocycles. The highest BCUT2D eigenvalue weighted by Crippen LogP contribution is 2.13.